The maximum absolute atomic E-state index is 14.2. The molecule has 1 saturated heterocycles. The van der Waals surface area contributed by atoms with Crippen molar-refractivity contribution in [2.24, 2.45) is 0 Å². The van der Waals surface area contributed by atoms with Gasteiger partial charge in [-0.05, 0) is 48.1 Å². The van der Waals surface area contributed by atoms with Gasteiger partial charge >= 0.3 is 0 Å². The van der Waals surface area contributed by atoms with Gasteiger partial charge < -0.3 is 9.47 Å². The van der Waals surface area contributed by atoms with Crippen LogP contribution in [-0.2, 0) is 9.59 Å². The molecule has 0 unspecified atom stereocenters. The quantitative estimate of drug-likeness (QED) is 0.355. The lowest BCUT2D eigenvalue weighted by atomic mass is 10.1. The Bertz CT molecular complexity index is 1070. The molecule has 1 N–H and O–H groups in total. The molecule has 1 aliphatic heterocycles. The number of thiocarbonyl (C=S) groups is 1. The van der Waals surface area contributed by atoms with Gasteiger partial charge in [0.25, 0.3) is 11.8 Å². The first kappa shape index (κ1) is 20.0. The molecular weight excluding hydrogens is 395 g/mol. The Kier molecular flexibility index (Phi) is 5.90. The van der Waals surface area contributed by atoms with Gasteiger partial charge in [0.1, 0.15) is 18.0 Å². The number of carbonyl (C=O) groups excluding carboxylic acids is 2. The first-order chi connectivity index (χ1) is 14.0. The van der Waals surface area contributed by atoms with Gasteiger partial charge in [-0.3, -0.25) is 14.9 Å². The van der Waals surface area contributed by atoms with Crippen LogP contribution in [0, 0.1) is 18.2 Å². The summed E-state index contributed by atoms with van der Waals surface area (Å²) in [5.74, 6) is 1.08. The number of terminal acetylenes is 1. The summed E-state index contributed by atoms with van der Waals surface area (Å²) in [5.41, 5.74) is 0.236. The summed E-state index contributed by atoms with van der Waals surface area (Å²) in [6.45, 7) is 0.0622. The minimum absolute atomic E-state index is 0.0518. The Labute approximate surface area is 171 Å². The number of nitrogens with one attached hydrogen (secondary N) is 1. The van der Waals surface area contributed by atoms with Crippen molar-refractivity contribution in [2.75, 3.05) is 18.6 Å². The Morgan fingerprint density at radius 2 is 2.00 bits per heavy atom. The molecule has 0 bridgehead atoms. The molecule has 8 heteroatoms. The first-order valence-electron chi connectivity index (χ1n) is 8.36. The van der Waals surface area contributed by atoms with Crippen molar-refractivity contribution in [3.8, 4) is 23.8 Å². The minimum Gasteiger partial charge on any atom is -0.493 e. The van der Waals surface area contributed by atoms with Crippen LogP contribution in [0.3, 0.4) is 0 Å². The van der Waals surface area contributed by atoms with Crippen LogP contribution in [-0.4, -0.2) is 30.6 Å². The van der Waals surface area contributed by atoms with Gasteiger partial charge in [-0.25, -0.2) is 9.29 Å². The number of carbonyl (C=O) groups is 2. The fraction of sp³-hybridized carbons (Fsp3) is 0.0952. The van der Waals surface area contributed by atoms with E-state index in [4.69, 9.17) is 28.1 Å². The van der Waals surface area contributed by atoms with Crippen LogP contribution < -0.4 is 19.7 Å². The van der Waals surface area contributed by atoms with Gasteiger partial charge in [-0.2, -0.15) is 0 Å². The van der Waals surface area contributed by atoms with Crippen molar-refractivity contribution in [1.82, 2.24) is 5.32 Å². The summed E-state index contributed by atoms with van der Waals surface area (Å²) >= 11 is 5.06. The smallest absolute Gasteiger partial charge is 0.270 e. The molecule has 0 saturated carbocycles. The van der Waals surface area contributed by atoms with Gasteiger partial charge in [0.2, 0.25) is 0 Å². The Hall–Kier alpha value is -3.70. The van der Waals surface area contributed by atoms with E-state index >= 15 is 0 Å². The highest BCUT2D eigenvalue weighted by Crippen LogP contribution is 2.30. The first-order valence-corrected chi connectivity index (χ1v) is 8.77. The van der Waals surface area contributed by atoms with E-state index in [0.29, 0.717) is 17.1 Å². The average Bonchev–Trinajstić information content (AvgIpc) is 2.71. The lowest BCUT2D eigenvalue weighted by Gasteiger charge is -2.29. The zero-order valence-electron chi connectivity index (χ0n) is 15.3. The van der Waals surface area contributed by atoms with Crippen molar-refractivity contribution in [1.29, 1.82) is 0 Å². The van der Waals surface area contributed by atoms with Gasteiger partial charge in [0.15, 0.2) is 16.6 Å². The number of hydrogen-bond donors (Lipinski definition) is 1. The predicted octanol–water partition coefficient (Wildman–Crippen LogP) is 2.68. The molecule has 0 spiro atoms. The Morgan fingerprint density at radius 1 is 1.24 bits per heavy atom. The second-order valence-corrected chi connectivity index (χ2v) is 6.20. The third-order valence-corrected chi connectivity index (χ3v) is 4.29. The molecule has 2 amide bonds. The summed E-state index contributed by atoms with van der Waals surface area (Å²) in [4.78, 5) is 26.2. The molecule has 0 radical (unpaired) electrons. The summed E-state index contributed by atoms with van der Waals surface area (Å²) in [5, 5.41) is 2.21. The second kappa shape index (κ2) is 8.54. The van der Waals surface area contributed by atoms with Crippen LogP contribution in [0.4, 0.5) is 10.1 Å². The molecule has 0 aliphatic carbocycles. The molecule has 2 aromatic carbocycles. The minimum atomic E-state index is -0.740. The number of ether oxygens (including phenoxy) is 2. The van der Waals surface area contributed by atoms with Crippen LogP contribution >= 0.6 is 12.2 Å². The fourth-order valence-corrected chi connectivity index (χ4v) is 2.96. The zero-order valence-corrected chi connectivity index (χ0v) is 16.1. The summed E-state index contributed by atoms with van der Waals surface area (Å²) in [6, 6.07) is 10.5. The number of rotatable bonds is 5. The van der Waals surface area contributed by atoms with Gasteiger partial charge in [0, 0.05) is 0 Å². The zero-order chi connectivity index (χ0) is 21.0. The number of hydrogen-bond acceptors (Lipinski definition) is 5. The lowest BCUT2D eigenvalue weighted by molar-refractivity contribution is -0.122. The molecule has 6 nitrogen and oxygen atoms in total. The molecule has 3 rings (SSSR count). The highest BCUT2D eigenvalue weighted by molar-refractivity contribution is 7.80. The number of para-hydroxylation sites is 1. The third-order valence-electron chi connectivity index (χ3n) is 4.00. The molecule has 1 heterocycles. The standard InChI is InChI=1S/C21H15FN2O4S/c1-3-10-28-17-9-8-13(12-18(17)27-2)11-14-19(25)23-21(29)24(20(14)26)16-7-5-4-6-15(16)22/h1,4-9,11-12H,10H2,2H3,(H,23,25,29)/b14-11+. The predicted molar refractivity (Wildman–Crippen MR) is 110 cm³/mol. The molecule has 0 atom stereocenters. The number of nitrogens with zero attached hydrogens (tertiary/aromatic N) is 1. The monoisotopic (exact) mass is 410 g/mol. The van der Waals surface area contributed by atoms with E-state index in [1.165, 1.54) is 31.4 Å². The van der Waals surface area contributed by atoms with Crippen LogP contribution in [0.2, 0.25) is 0 Å². The average molecular weight is 410 g/mol. The van der Waals surface area contributed by atoms with Crippen molar-refractivity contribution >= 4 is 40.9 Å². The number of halogens is 1. The summed E-state index contributed by atoms with van der Waals surface area (Å²) in [6.07, 6.45) is 6.55. The fourth-order valence-electron chi connectivity index (χ4n) is 2.69. The molecule has 29 heavy (non-hydrogen) atoms. The summed E-state index contributed by atoms with van der Waals surface area (Å²) in [7, 11) is 1.45. The van der Waals surface area contributed by atoms with Gasteiger partial charge in [-0.1, -0.05) is 24.1 Å². The summed E-state index contributed by atoms with van der Waals surface area (Å²) < 4.78 is 24.8. The molecule has 1 aliphatic rings. The Morgan fingerprint density at radius 3 is 2.69 bits per heavy atom. The van der Waals surface area contributed by atoms with E-state index in [1.54, 1.807) is 24.3 Å². The van der Waals surface area contributed by atoms with E-state index in [-0.39, 0.29) is 23.0 Å². The van der Waals surface area contributed by atoms with Crippen LogP contribution in [0.15, 0.2) is 48.0 Å². The van der Waals surface area contributed by atoms with Crippen LogP contribution in [0.5, 0.6) is 11.5 Å². The van der Waals surface area contributed by atoms with Gasteiger partial charge in [-0.15, -0.1) is 6.42 Å². The number of anilines is 1. The molecule has 146 valence electrons. The van der Waals surface area contributed by atoms with Crippen LogP contribution in [0.25, 0.3) is 6.08 Å². The van der Waals surface area contributed by atoms with Crippen molar-refractivity contribution in [3.05, 3.63) is 59.4 Å². The second-order valence-electron chi connectivity index (χ2n) is 5.81. The topological polar surface area (TPSA) is 67.9 Å². The largest absolute Gasteiger partial charge is 0.493 e. The van der Waals surface area contributed by atoms with Crippen LogP contribution in [0.1, 0.15) is 5.56 Å². The maximum atomic E-state index is 14.2. The van der Waals surface area contributed by atoms with E-state index < -0.39 is 17.6 Å². The van der Waals surface area contributed by atoms with E-state index in [1.807, 2.05) is 0 Å². The van der Waals surface area contributed by atoms with E-state index in [9.17, 15) is 14.0 Å². The number of amides is 2. The van der Waals surface area contributed by atoms with Crippen molar-refractivity contribution < 1.29 is 23.5 Å². The Balaban J connectivity index is 1.99. The van der Waals surface area contributed by atoms with Crippen molar-refractivity contribution in [2.45, 2.75) is 0 Å². The lowest BCUT2D eigenvalue weighted by Crippen LogP contribution is -2.54. The number of methoxy groups -OCH3 is 1. The SMILES string of the molecule is C#CCOc1ccc(/C=C2\C(=O)NC(=S)N(c3ccccc3F)C2=O)cc1OC. The highest BCUT2D eigenvalue weighted by Gasteiger charge is 2.35. The van der Waals surface area contributed by atoms with E-state index in [0.717, 1.165) is 4.90 Å². The molecular formula is C21H15FN2O4S. The molecule has 2 aromatic rings. The molecule has 0 aromatic heterocycles. The van der Waals surface area contributed by atoms with E-state index in [2.05, 4.69) is 11.2 Å². The molecule has 1 fully saturated rings. The normalized spacial score (nSPS) is 15.1. The van der Waals surface area contributed by atoms with Gasteiger partial charge in [0.05, 0.1) is 12.8 Å². The highest BCUT2D eigenvalue weighted by atomic mass is 32.1. The van der Waals surface area contributed by atoms with Crippen molar-refractivity contribution in [3.63, 3.8) is 0 Å². The third kappa shape index (κ3) is 4.10. The maximum Gasteiger partial charge on any atom is 0.270 e. The number of benzene rings is 2.